The van der Waals surface area contributed by atoms with Crippen LogP contribution >= 0.6 is 0 Å². The zero-order valence-corrected chi connectivity index (χ0v) is 10.1. The van der Waals surface area contributed by atoms with E-state index < -0.39 is 0 Å². The summed E-state index contributed by atoms with van der Waals surface area (Å²) in [5, 5.41) is 8.16. The van der Waals surface area contributed by atoms with Crippen molar-refractivity contribution in [1.29, 1.82) is 0 Å². The molecule has 0 unspecified atom stereocenters. The largest absolute Gasteiger partial charge is 0.311 e. The van der Waals surface area contributed by atoms with Crippen molar-refractivity contribution in [2.24, 2.45) is 13.0 Å². The SMILES string of the molecule is Cn1nc(CC2CCCC2)c2c1CNCC2. The van der Waals surface area contributed by atoms with Crippen molar-refractivity contribution in [3.63, 3.8) is 0 Å². The van der Waals surface area contributed by atoms with Gasteiger partial charge in [-0.1, -0.05) is 25.7 Å². The molecule has 1 N–H and O–H groups in total. The van der Waals surface area contributed by atoms with Crippen LogP contribution in [0.3, 0.4) is 0 Å². The zero-order chi connectivity index (χ0) is 11.0. The lowest BCUT2D eigenvalue weighted by atomic mass is 9.96. The number of aryl methyl sites for hydroxylation is 1. The van der Waals surface area contributed by atoms with E-state index in [2.05, 4.69) is 17.0 Å². The maximum Gasteiger partial charge on any atom is 0.0663 e. The van der Waals surface area contributed by atoms with Gasteiger partial charge >= 0.3 is 0 Å². The van der Waals surface area contributed by atoms with Gasteiger partial charge in [-0.25, -0.2) is 0 Å². The highest BCUT2D eigenvalue weighted by atomic mass is 15.3. The Kier molecular flexibility index (Phi) is 2.72. The number of nitrogens with one attached hydrogen (secondary N) is 1. The minimum absolute atomic E-state index is 0.911. The Morgan fingerprint density at radius 3 is 3.00 bits per heavy atom. The molecule has 1 aromatic rings. The van der Waals surface area contributed by atoms with Gasteiger partial charge in [-0.3, -0.25) is 4.68 Å². The van der Waals surface area contributed by atoms with Crippen LogP contribution in [0.4, 0.5) is 0 Å². The Hall–Kier alpha value is -0.830. The molecule has 0 atom stereocenters. The first-order valence-electron chi connectivity index (χ1n) is 6.59. The van der Waals surface area contributed by atoms with E-state index in [1.165, 1.54) is 49.9 Å². The van der Waals surface area contributed by atoms with Crippen molar-refractivity contribution in [1.82, 2.24) is 15.1 Å². The molecular weight excluding hydrogens is 198 g/mol. The fraction of sp³-hybridized carbons (Fsp3) is 0.769. The number of fused-ring (bicyclic) bond motifs is 1. The fourth-order valence-electron chi connectivity index (χ4n) is 3.25. The molecule has 0 bridgehead atoms. The average molecular weight is 219 g/mol. The van der Waals surface area contributed by atoms with Crippen molar-refractivity contribution in [2.75, 3.05) is 6.54 Å². The summed E-state index contributed by atoms with van der Waals surface area (Å²) in [7, 11) is 2.09. The van der Waals surface area contributed by atoms with Gasteiger partial charge in [-0.2, -0.15) is 5.10 Å². The van der Waals surface area contributed by atoms with Crippen molar-refractivity contribution in [3.05, 3.63) is 17.0 Å². The third-order valence-electron chi connectivity index (χ3n) is 4.16. The first-order chi connectivity index (χ1) is 7.84. The molecule has 88 valence electrons. The van der Waals surface area contributed by atoms with Crippen LogP contribution in [0.1, 0.15) is 42.6 Å². The minimum Gasteiger partial charge on any atom is -0.311 e. The molecule has 0 amide bonds. The molecule has 16 heavy (non-hydrogen) atoms. The van der Waals surface area contributed by atoms with Crippen molar-refractivity contribution in [2.45, 2.75) is 45.1 Å². The Morgan fingerprint density at radius 2 is 2.19 bits per heavy atom. The number of hydrogen-bond acceptors (Lipinski definition) is 2. The first kappa shape index (κ1) is 10.3. The van der Waals surface area contributed by atoms with Crippen LogP contribution < -0.4 is 5.32 Å². The monoisotopic (exact) mass is 219 g/mol. The smallest absolute Gasteiger partial charge is 0.0663 e. The van der Waals surface area contributed by atoms with Crippen LogP contribution in [0.2, 0.25) is 0 Å². The summed E-state index contributed by atoms with van der Waals surface area (Å²) in [6, 6.07) is 0. The highest BCUT2D eigenvalue weighted by Crippen LogP contribution is 2.29. The van der Waals surface area contributed by atoms with Crippen molar-refractivity contribution >= 4 is 0 Å². The van der Waals surface area contributed by atoms with E-state index >= 15 is 0 Å². The number of rotatable bonds is 2. The van der Waals surface area contributed by atoms with Crippen LogP contribution in [0, 0.1) is 5.92 Å². The second-order valence-corrected chi connectivity index (χ2v) is 5.28. The van der Waals surface area contributed by atoms with Gasteiger partial charge in [-0.05, 0) is 30.9 Å². The lowest BCUT2D eigenvalue weighted by Crippen LogP contribution is -2.25. The normalized spacial score (nSPS) is 21.3. The van der Waals surface area contributed by atoms with Crippen LogP contribution in [0.5, 0.6) is 0 Å². The summed E-state index contributed by atoms with van der Waals surface area (Å²) in [4.78, 5) is 0. The van der Waals surface area contributed by atoms with Crippen molar-refractivity contribution < 1.29 is 0 Å². The van der Waals surface area contributed by atoms with Gasteiger partial charge < -0.3 is 5.32 Å². The van der Waals surface area contributed by atoms with Gasteiger partial charge in [0.05, 0.1) is 11.4 Å². The lowest BCUT2D eigenvalue weighted by Gasteiger charge is -2.15. The summed E-state index contributed by atoms with van der Waals surface area (Å²) in [5.41, 5.74) is 4.36. The molecule has 1 fully saturated rings. The molecule has 3 heteroatoms. The summed E-state index contributed by atoms with van der Waals surface area (Å²) < 4.78 is 2.09. The van der Waals surface area contributed by atoms with Gasteiger partial charge in [-0.15, -0.1) is 0 Å². The van der Waals surface area contributed by atoms with Crippen LogP contribution in [-0.4, -0.2) is 16.3 Å². The molecule has 3 nitrogen and oxygen atoms in total. The van der Waals surface area contributed by atoms with Gasteiger partial charge in [0.25, 0.3) is 0 Å². The second-order valence-electron chi connectivity index (χ2n) is 5.28. The topological polar surface area (TPSA) is 29.9 Å². The van der Waals surface area contributed by atoms with E-state index in [4.69, 9.17) is 5.10 Å². The van der Waals surface area contributed by atoms with Gasteiger partial charge in [0.15, 0.2) is 0 Å². The Morgan fingerprint density at radius 1 is 1.38 bits per heavy atom. The summed E-state index contributed by atoms with van der Waals surface area (Å²) >= 11 is 0. The van der Waals surface area contributed by atoms with Crippen LogP contribution in [0.25, 0.3) is 0 Å². The van der Waals surface area contributed by atoms with E-state index in [0.717, 1.165) is 19.0 Å². The third-order valence-corrected chi connectivity index (χ3v) is 4.16. The van der Waals surface area contributed by atoms with Gasteiger partial charge in [0.2, 0.25) is 0 Å². The van der Waals surface area contributed by atoms with E-state index in [-0.39, 0.29) is 0 Å². The predicted octanol–water partition coefficient (Wildman–Crippen LogP) is 1.80. The molecule has 0 aromatic carbocycles. The molecule has 2 heterocycles. The quantitative estimate of drug-likeness (QED) is 0.822. The second kappa shape index (κ2) is 4.21. The predicted molar refractivity (Wildman–Crippen MR) is 64.3 cm³/mol. The Labute approximate surface area is 97.2 Å². The highest BCUT2D eigenvalue weighted by Gasteiger charge is 2.23. The highest BCUT2D eigenvalue weighted by molar-refractivity contribution is 5.29. The average Bonchev–Trinajstić information content (AvgIpc) is 2.90. The molecule has 3 rings (SSSR count). The number of nitrogens with zero attached hydrogens (tertiary/aromatic N) is 2. The molecule has 1 aliphatic carbocycles. The molecule has 0 spiro atoms. The number of hydrogen-bond donors (Lipinski definition) is 1. The van der Waals surface area contributed by atoms with Crippen LogP contribution in [-0.2, 0) is 26.4 Å². The summed E-state index contributed by atoms with van der Waals surface area (Å²) in [6.45, 7) is 2.12. The molecular formula is C13H21N3. The van der Waals surface area contributed by atoms with E-state index in [1.807, 2.05) is 0 Å². The number of aromatic nitrogens is 2. The summed E-state index contributed by atoms with van der Waals surface area (Å²) in [6.07, 6.45) is 8.10. The standard InChI is InChI=1S/C13H21N3/c1-16-13-9-14-7-6-11(13)12(15-16)8-10-4-2-3-5-10/h10,14H,2-9H2,1H3. The maximum absolute atomic E-state index is 4.73. The zero-order valence-electron chi connectivity index (χ0n) is 10.1. The molecule has 0 radical (unpaired) electrons. The Bertz CT molecular complexity index is 375. The fourth-order valence-corrected chi connectivity index (χ4v) is 3.25. The Balaban J connectivity index is 1.83. The van der Waals surface area contributed by atoms with E-state index in [9.17, 15) is 0 Å². The van der Waals surface area contributed by atoms with E-state index in [0.29, 0.717) is 0 Å². The third kappa shape index (κ3) is 1.77. The van der Waals surface area contributed by atoms with Gasteiger partial charge in [0.1, 0.15) is 0 Å². The molecule has 0 saturated heterocycles. The molecule has 2 aliphatic rings. The first-order valence-corrected chi connectivity index (χ1v) is 6.59. The lowest BCUT2D eigenvalue weighted by molar-refractivity contribution is 0.532. The molecule has 1 aliphatic heterocycles. The van der Waals surface area contributed by atoms with E-state index in [1.54, 1.807) is 5.56 Å². The van der Waals surface area contributed by atoms with Crippen LogP contribution in [0.15, 0.2) is 0 Å². The molecule has 1 saturated carbocycles. The maximum atomic E-state index is 4.73. The van der Waals surface area contributed by atoms with Crippen molar-refractivity contribution in [3.8, 4) is 0 Å². The minimum atomic E-state index is 0.911. The summed E-state index contributed by atoms with van der Waals surface area (Å²) in [5.74, 6) is 0.911. The molecule has 1 aromatic heterocycles. The van der Waals surface area contributed by atoms with Gasteiger partial charge in [0, 0.05) is 13.6 Å².